The van der Waals surface area contributed by atoms with Gasteiger partial charge in [0.25, 0.3) is 0 Å². The molecule has 0 N–H and O–H groups in total. The highest BCUT2D eigenvalue weighted by atomic mass is 19.4. The maximum absolute atomic E-state index is 13.8. The molecule has 1 aromatic carbocycles. The number of rotatable bonds is 5. The molecule has 3 fully saturated rings. The lowest BCUT2D eigenvalue weighted by Crippen LogP contribution is -2.36. The molecule has 8 nitrogen and oxygen atoms in total. The van der Waals surface area contributed by atoms with E-state index in [-0.39, 0.29) is 24.5 Å². The van der Waals surface area contributed by atoms with Gasteiger partial charge in [-0.15, -0.1) is 0 Å². The van der Waals surface area contributed by atoms with Crippen LogP contribution in [0.3, 0.4) is 0 Å². The first-order chi connectivity index (χ1) is 18.0. The van der Waals surface area contributed by atoms with E-state index in [1.807, 2.05) is 7.05 Å². The summed E-state index contributed by atoms with van der Waals surface area (Å²) in [5.41, 5.74) is 1.19. The minimum absolute atomic E-state index is 0.145. The van der Waals surface area contributed by atoms with Gasteiger partial charge in [0.1, 0.15) is 0 Å². The van der Waals surface area contributed by atoms with Crippen LogP contribution in [0.5, 0.6) is 0 Å². The molecule has 38 heavy (non-hydrogen) atoms. The van der Waals surface area contributed by atoms with E-state index in [2.05, 4.69) is 14.9 Å². The Bertz CT molecular complexity index is 1180. The third-order valence-corrected chi connectivity index (χ3v) is 8.53. The smallest absolute Gasteiger partial charge is 0.372 e. The van der Waals surface area contributed by atoms with E-state index in [9.17, 15) is 22.8 Å². The van der Waals surface area contributed by atoms with Gasteiger partial charge < -0.3 is 14.7 Å². The van der Waals surface area contributed by atoms with Crippen molar-refractivity contribution in [2.45, 2.75) is 51.4 Å². The number of hydrogen-bond acceptors (Lipinski definition) is 5. The monoisotopic (exact) mass is 532 g/mol. The molecule has 206 valence electrons. The van der Waals surface area contributed by atoms with Crippen LogP contribution in [0, 0.1) is 11.8 Å². The van der Waals surface area contributed by atoms with Crippen LogP contribution in [0.2, 0.25) is 0 Å². The molecule has 3 aliphatic rings. The van der Waals surface area contributed by atoms with Gasteiger partial charge in [-0.05, 0) is 68.3 Å². The maximum Gasteiger partial charge on any atom is 0.416 e. The van der Waals surface area contributed by atoms with E-state index in [0.29, 0.717) is 36.2 Å². The van der Waals surface area contributed by atoms with Crippen LogP contribution in [-0.2, 0) is 17.5 Å². The van der Waals surface area contributed by atoms with Crippen molar-refractivity contribution < 1.29 is 22.8 Å². The number of anilines is 2. The molecular weight excluding hydrogens is 497 g/mol. The first-order valence-electron chi connectivity index (χ1n) is 13.2. The highest BCUT2D eigenvalue weighted by molar-refractivity contribution is 5.91. The lowest BCUT2D eigenvalue weighted by atomic mass is 10.0. The van der Waals surface area contributed by atoms with Crippen LogP contribution in [0.25, 0.3) is 0 Å². The number of likely N-dealkylation sites (tertiary alicyclic amines) is 1. The Hall–Kier alpha value is -3.08. The van der Waals surface area contributed by atoms with Crippen molar-refractivity contribution in [3.8, 4) is 0 Å². The number of fused-ring (bicyclic) bond motifs is 1. The maximum atomic E-state index is 13.8. The summed E-state index contributed by atoms with van der Waals surface area (Å²) in [4.78, 5) is 32.0. The third-order valence-electron chi connectivity index (χ3n) is 8.53. The minimum Gasteiger partial charge on any atom is -0.372 e. The lowest BCUT2D eigenvalue weighted by Gasteiger charge is -2.28. The summed E-state index contributed by atoms with van der Waals surface area (Å²) in [7, 11) is 3.54. The van der Waals surface area contributed by atoms with Crippen molar-refractivity contribution in [2.75, 3.05) is 50.1 Å². The van der Waals surface area contributed by atoms with Crippen LogP contribution in [0.15, 0.2) is 30.6 Å². The highest BCUT2D eigenvalue weighted by Crippen LogP contribution is 2.41. The number of nitrogens with zero attached hydrogens (tertiary/aromatic N) is 6. The average molecular weight is 533 g/mol. The Morgan fingerprint density at radius 3 is 2.34 bits per heavy atom. The van der Waals surface area contributed by atoms with E-state index in [0.717, 1.165) is 44.5 Å². The molecule has 5 rings (SSSR count). The zero-order valence-corrected chi connectivity index (χ0v) is 22.1. The van der Waals surface area contributed by atoms with Gasteiger partial charge in [0.05, 0.1) is 23.6 Å². The summed E-state index contributed by atoms with van der Waals surface area (Å²) in [5.74, 6) is 0.465. The summed E-state index contributed by atoms with van der Waals surface area (Å²) in [5, 5.41) is 4.14. The summed E-state index contributed by atoms with van der Waals surface area (Å²) >= 11 is 0. The van der Waals surface area contributed by atoms with Crippen LogP contribution in [0.1, 0.15) is 43.7 Å². The van der Waals surface area contributed by atoms with Crippen LogP contribution in [0.4, 0.5) is 29.3 Å². The van der Waals surface area contributed by atoms with Crippen molar-refractivity contribution in [2.24, 2.45) is 11.8 Å². The SMILES string of the molecule is CC(=O)N(C)c1cnn(C(=O)N2C[C@H]3CC(N(C)Cc4cc(N5CCCC5)ccc4C(F)(F)F)C[C@H]3C2)c1. The molecule has 1 unspecified atom stereocenters. The van der Waals surface area contributed by atoms with Gasteiger partial charge in [-0.2, -0.15) is 23.0 Å². The zero-order valence-electron chi connectivity index (χ0n) is 22.1. The van der Waals surface area contributed by atoms with E-state index in [1.54, 1.807) is 30.3 Å². The minimum atomic E-state index is -4.39. The molecule has 11 heteroatoms. The number of aromatic nitrogens is 2. The molecule has 0 spiro atoms. The van der Waals surface area contributed by atoms with Crippen LogP contribution < -0.4 is 9.80 Å². The largest absolute Gasteiger partial charge is 0.416 e. The second kappa shape index (κ2) is 10.2. The Kier molecular flexibility index (Phi) is 7.15. The molecule has 1 aromatic heterocycles. The van der Waals surface area contributed by atoms with Gasteiger partial charge in [-0.1, -0.05) is 0 Å². The van der Waals surface area contributed by atoms with Gasteiger partial charge in [0.15, 0.2) is 0 Å². The van der Waals surface area contributed by atoms with Crippen molar-refractivity contribution in [3.63, 3.8) is 0 Å². The molecule has 3 heterocycles. The molecule has 3 atom stereocenters. The summed E-state index contributed by atoms with van der Waals surface area (Å²) < 4.78 is 42.7. The summed E-state index contributed by atoms with van der Waals surface area (Å²) in [6.45, 7) is 4.66. The van der Waals surface area contributed by atoms with Crippen molar-refractivity contribution >= 4 is 23.3 Å². The van der Waals surface area contributed by atoms with Crippen molar-refractivity contribution in [1.82, 2.24) is 19.6 Å². The standard InChI is InChI=1S/C27H35F3N6O2/c1-18(37)33(3)24-13-31-36(17-24)26(38)35-15-19-10-23(11-20(19)16-35)32(2)14-21-12-22(34-8-4-5-9-34)6-7-25(21)27(28,29)30/h6-7,12-13,17,19-20,23H,4-5,8-11,14-16H2,1-3H3/t19-,20+,23?. The lowest BCUT2D eigenvalue weighted by molar-refractivity contribution is -0.138. The fourth-order valence-corrected chi connectivity index (χ4v) is 6.26. The topological polar surface area (TPSA) is 64.9 Å². The van der Waals surface area contributed by atoms with E-state index < -0.39 is 11.7 Å². The van der Waals surface area contributed by atoms with Gasteiger partial charge in [-0.25, -0.2) is 4.79 Å². The molecule has 1 saturated carbocycles. The zero-order chi connectivity index (χ0) is 27.2. The third kappa shape index (κ3) is 5.25. The molecule has 2 saturated heterocycles. The number of carbonyl (C=O) groups excluding carboxylic acids is 2. The fraction of sp³-hybridized carbons (Fsp3) is 0.593. The van der Waals surface area contributed by atoms with E-state index in [4.69, 9.17) is 0 Å². The Morgan fingerprint density at radius 2 is 1.74 bits per heavy atom. The number of benzene rings is 1. The number of carbonyl (C=O) groups is 2. The Labute approximate surface area is 221 Å². The summed E-state index contributed by atoms with van der Waals surface area (Å²) in [6.07, 6.45) is 2.48. The second-order valence-corrected chi connectivity index (χ2v) is 11.0. The number of hydrogen-bond donors (Lipinski definition) is 0. The summed E-state index contributed by atoms with van der Waals surface area (Å²) in [6, 6.07) is 4.51. The molecule has 2 aromatic rings. The predicted octanol–water partition coefficient (Wildman–Crippen LogP) is 4.30. The number of halogens is 3. The van der Waals surface area contributed by atoms with Crippen molar-refractivity contribution in [1.29, 1.82) is 0 Å². The molecule has 0 radical (unpaired) electrons. The highest BCUT2D eigenvalue weighted by Gasteiger charge is 2.44. The molecule has 1 aliphatic carbocycles. The molecule has 2 aliphatic heterocycles. The fourth-order valence-electron chi connectivity index (χ4n) is 6.26. The quantitative estimate of drug-likeness (QED) is 0.575. The Morgan fingerprint density at radius 1 is 1.08 bits per heavy atom. The number of amides is 2. The second-order valence-electron chi connectivity index (χ2n) is 11.0. The van der Waals surface area contributed by atoms with Gasteiger partial charge >= 0.3 is 12.2 Å². The van der Waals surface area contributed by atoms with Gasteiger partial charge in [0, 0.05) is 58.4 Å². The first kappa shape index (κ1) is 26.5. The van der Waals surface area contributed by atoms with Crippen LogP contribution >= 0.6 is 0 Å². The van der Waals surface area contributed by atoms with E-state index >= 15 is 0 Å². The van der Waals surface area contributed by atoms with E-state index in [1.165, 1.54) is 28.8 Å². The molecule has 2 amide bonds. The predicted molar refractivity (Wildman–Crippen MR) is 138 cm³/mol. The normalized spacial score (nSPS) is 23.4. The molecular formula is C27H35F3N6O2. The van der Waals surface area contributed by atoms with Gasteiger partial charge in [-0.3, -0.25) is 9.69 Å². The van der Waals surface area contributed by atoms with Crippen LogP contribution in [-0.4, -0.2) is 77.8 Å². The average Bonchev–Trinajstić information content (AvgIpc) is 3.66. The number of alkyl halides is 3. The van der Waals surface area contributed by atoms with Crippen molar-refractivity contribution in [3.05, 3.63) is 41.7 Å². The molecule has 0 bridgehead atoms. The first-order valence-corrected chi connectivity index (χ1v) is 13.2. The van der Waals surface area contributed by atoms with Gasteiger partial charge in [0.2, 0.25) is 5.91 Å². The Balaban J connectivity index is 1.22.